The third-order valence-electron chi connectivity index (χ3n) is 6.14. The lowest BCUT2D eigenvalue weighted by molar-refractivity contribution is 0.122. The van der Waals surface area contributed by atoms with Crippen LogP contribution in [0, 0.1) is 5.82 Å². The number of benzene rings is 1. The number of hydrogen-bond donors (Lipinski definition) is 2. The lowest BCUT2D eigenvalue weighted by Crippen LogP contribution is -2.36. The first-order valence-electron chi connectivity index (χ1n) is 11.5. The molecule has 4 aromatic rings. The third-order valence-corrected chi connectivity index (χ3v) is 7.25. The summed E-state index contributed by atoms with van der Waals surface area (Å²) in [6.07, 6.45) is 2.87. The Labute approximate surface area is 202 Å². The molecular weight excluding hydrogens is 449 g/mol. The summed E-state index contributed by atoms with van der Waals surface area (Å²) >= 11 is 1.71. The molecular formula is C26H28FN5OS. The molecule has 0 amide bonds. The fourth-order valence-corrected chi connectivity index (χ4v) is 5.23. The highest BCUT2D eigenvalue weighted by Crippen LogP contribution is 2.34. The molecule has 8 heteroatoms. The van der Waals surface area contributed by atoms with Crippen LogP contribution in [0.15, 0.2) is 54.2 Å². The van der Waals surface area contributed by atoms with E-state index in [-0.39, 0.29) is 11.9 Å². The van der Waals surface area contributed by atoms with Gasteiger partial charge in [-0.15, -0.1) is 11.3 Å². The molecule has 0 radical (unpaired) electrons. The van der Waals surface area contributed by atoms with E-state index in [9.17, 15) is 4.39 Å². The van der Waals surface area contributed by atoms with Gasteiger partial charge in [0.1, 0.15) is 11.6 Å². The fraction of sp³-hybridized carbons (Fsp3) is 0.308. The fourth-order valence-electron chi connectivity index (χ4n) is 4.32. The summed E-state index contributed by atoms with van der Waals surface area (Å²) in [5, 5.41) is 10.2. The SMILES string of the molecule is CNCc1ccccc1-c1csc([C@@H](C)Nc2ncc(F)c3cnc(N4CCOCC4)cc23)c1. The summed E-state index contributed by atoms with van der Waals surface area (Å²) in [7, 11) is 1.96. The van der Waals surface area contributed by atoms with Gasteiger partial charge in [0.2, 0.25) is 0 Å². The Balaban J connectivity index is 1.43. The van der Waals surface area contributed by atoms with Crippen LogP contribution in [0.25, 0.3) is 21.9 Å². The summed E-state index contributed by atoms with van der Waals surface area (Å²) in [5.41, 5.74) is 3.71. The van der Waals surface area contributed by atoms with E-state index < -0.39 is 0 Å². The zero-order valence-corrected chi connectivity index (χ0v) is 20.2. The normalized spacial score (nSPS) is 15.0. The third kappa shape index (κ3) is 4.61. The molecule has 4 heterocycles. The number of morpholine rings is 1. The van der Waals surface area contributed by atoms with Crippen LogP contribution in [-0.4, -0.2) is 43.3 Å². The molecule has 34 heavy (non-hydrogen) atoms. The van der Waals surface area contributed by atoms with E-state index in [1.54, 1.807) is 17.5 Å². The molecule has 6 nitrogen and oxygen atoms in total. The molecule has 1 saturated heterocycles. The first kappa shape index (κ1) is 22.7. The summed E-state index contributed by atoms with van der Waals surface area (Å²) in [6.45, 7) is 5.81. The van der Waals surface area contributed by atoms with Crippen molar-refractivity contribution in [1.29, 1.82) is 0 Å². The average Bonchev–Trinajstić information content (AvgIpc) is 3.37. The first-order chi connectivity index (χ1) is 16.6. The lowest BCUT2D eigenvalue weighted by Gasteiger charge is -2.28. The monoisotopic (exact) mass is 477 g/mol. The Morgan fingerprint density at radius 2 is 1.94 bits per heavy atom. The van der Waals surface area contributed by atoms with Crippen LogP contribution >= 0.6 is 11.3 Å². The molecule has 0 spiro atoms. The second-order valence-corrected chi connectivity index (χ2v) is 9.38. The van der Waals surface area contributed by atoms with Crippen LogP contribution in [0.1, 0.15) is 23.4 Å². The summed E-state index contributed by atoms with van der Waals surface area (Å²) in [4.78, 5) is 12.3. The topological polar surface area (TPSA) is 62.3 Å². The number of rotatable bonds is 7. The minimum Gasteiger partial charge on any atom is -0.378 e. The van der Waals surface area contributed by atoms with Crippen molar-refractivity contribution in [3.63, 3.8) is 0 Å². The molecule has 1 atom stereocenters. The molecule has 5 rings (SSSR count). The van der Waals surface area contributed by atoms with E-state index in [2.05, 4.69) is 68.1 Å². The van der Waals surface area contributed by atoms with E-state index in [0.717, 1.165) is 30.8 Å². The Kier molecular flexibility index (Phi) is 6.71. The van der Waals surface area contributed by atoms with Crippen molar-refractivity contribution in [1.82, 2.24) is 15.3 Å². The van der Waals surface area contributed by atoms with Crippen molar-refractivity contribution < 1.29 is 9.13 Å². The first-order valence-corrected chi connectivity index (χ1v) is 12.4. The van der Waals surface area contributed by atoms with Crippen molar-refractivity contribution in [2.75, 3.05) is 43.6 Å². The molecule has 1 aliphatic rings. The number of fused-ring (bicyclic) bond motifs is 1. The van der Waals surface area contributed by atoms with E-state index in [1.165, 1.54) is 27.8 Å². The molecule has 1 aliphatic heterocycles. The minimum atomic E-state index is -0.367. The van der Waals surface area contributed by atoms with Crippen LogP contribution in [-0.2, 0) is 11.3 Å². The summed E-state index contributed by atoms with van der Waals surface area (Å²) < 4.78 is 20.0. The van der Waals surface area contributed by atoms with Crippen molar-refractivity contribution >= 4 is 33.7 Å². The van der Waals surface area contributed by atoms with Crippen molar-refractivity contribution in [2.24, 2.45) is 0 Å². The number of ether oxygens (including phenoxy) is 1. The maximum Gasteiger partial charge on any atom is 0.151 e. The predicted molar refractivity (Wildman–Crippen MR) is 137 cm³/mol. The zero-order valence-electron chi connectivity index (χ0n) is 19.3. The number of nitrogens with one attached hydrogen (secondary N) is 2. The van der Waals surface area contributed by atoms with Gasteiger partial charge in [-0.3, -0.25) is 0 Å². The van der Waals surface area contributed by atoms with Crippen LogP contribution in [0.3, 0.4) is 0 Å². The lowest BCUT2D eigenvalue weighted by atomic mass is 10.0. The highest BCUT2D eigenvalue weighted by molar-refractivity contribution is 7.10. The quantitative estimate of drug-likeness (QED) is 0.380. The van der Waals surface area contributed by atoms with Gasteiger partial charge in [0.15, 0.2) is 5.82 Å². The van der Waals surface area contributed by atoms with Crippen molar-refractivity contribution in [3.8, 4) is 11.1 Å². The Bertz CT molecular complexity index is 1290. The van der Waals surface area contributed by atoms with Crippen molar-refractivity contribution in [3.05, 3.63) is 70.4 Å². The van der Waals surface area contributed by atoms with Gasteiger partial charge < -0.3 is 20.3 Å². The molecule has 0 unspecified atom stereocenters. The Morgan fingerprint density at radius 3 is 2.76 bits per heavy atom. The number of pyridine rings is 2. The van der Waals surface area contributed by atoms with E-state index in [4.69, 9.17) is 4.74 Å². The maximum atomic E-state index is 14.5. The molecule has 176 valence electrons. The molecule has 2 N–H and O–H groups in total. The molecule has 1 fully saturated rings. The van der Waals surface area contributed by atoms with Gasteiger partial charge >= 0.3 is 0 Å². The molecule has 0 bridgehead atoms. The van der Waals surface area contributed by atoms with Crippen LogP contribution < -0.4 is 15.5 Å². The van der Waals surface area contributed by atoms with Gasteiger partial charge in [0, 0.05) is 41.5 Å². The van der Waals surface area contributed by atoms with E-state index in [0.29, 0.717) is 24.4 Å². The number of aromatic nitrogens is 2. The molecule has 1 aromatic carbocycles. The Morgan fingerprint density at radius 1 is 1.12 bits per heavy atom. The summed E-state index contributed by atoms with van der Waals surface area (Å²) in [5.74, 6) is 1.11. The van der Waals surface area contributed by atoms with Gasteiger partial charge in [-0.1, -0.05) is 24.3 Å². The molecule has 0 saturated carbocycles. The van der Waals surface area contributed by atoms with Crippen LogP contribution in [0.5, 0.6) is 0 Å². The van der Waals surface area contributed by atoms with Crippen molar-refractivity contribution in [2.45, 2.75) is 19.5 Å². The van der Waals surface area contributed by atoms with Crippen LogP contribution in [0.2, 0.25) is 0 Å². The van der Waals surface area contributed by atoms with Gasteiger partial charge in [-0.25, -0.2) is 14.4 Å². The Hall–Kier alpha value is -3.07. The number of nitrogens with zero attached hydrogens (tertiary/aromatic N) is 3. The standard InChI is InChI=1S/C26H28FN5OS/c1-17(24-11-19(16-34-24)20-6-4-3-5-18(20)13-28-2)31-26-21-12-25(32-7-9-33-10-8-32)29-14-22(21)23(27)15-30-26/h3-6,11-12,14-17,28H,7-10,13H2,1-2H3,(H,30,31)/t17-/m1/s1. The number of hydrogen-bond acceptors (Lipinski definition) is 7. The smallest absolute Gasteiger partial charge is 0.151 e. The van der Waals surface area contributed by atoms with E-state index >= 15 is 0 Å². The second-order valence-electron chi connectivity index (χ2n) is 8.43. The summed E-state index contributed by atoms with van der Waals surface area (Å²) in [6, 6.07) is 12.6. The largest absolute Gasteiger partial charge is 0.378 e. The maximum absolute atomic E-state index is 14.5. The van der Waals surface area contributed by atoms with E-state index in [1.807, 2.05) is 13.1 Å². The average molecular weight is 478 g/mol. The number of thiophene rings is 1. The van der Waals surface area contributed by atoms with Gasteiger partial charge in [0.25, 0.3) is 0 Å². The van der Waals surface area contributed by atoms with Gasteiger partial charge in [-0.2, -0.15) is 0 Å². The highest BCUT2D eigenvalue weighted by atomic mass is 32.1. The highest BCUT2D eigenvalue weighted by Gasteiger charge is 2.18. The zero-order chi connectivity index (χ0) is 23.5. The van der Waals surface area contributed by atoms with Gasteiger partial charge in [0.05, 0.1) is 25.5 Å². The predicted octanol–water partition coefficient (Wildman–Crippen LogP) is 5.23. The molecule has 0 aliphatic carbocycles. The second kappa shape index (κ2) is 10.0. The minimum absolute atomic E-state index is 0.0105. The number of halogens is 1. The number of anilines is 2. The molecule has 3 aromatic heterocycles. The van der Waals surface area contributed by atoms with Gasteiger partial charge in [-0.05, 0) is 48.2 Å². The van der Waals surface area contributed by atoms with Crippen LogP contribution in [0.4, 0.5) is 16.0 Å².